The van der Waals surface area contributed by atoms with Crippen molar-refractivity contribution in [1.82, 2.24) is 25.9 Å². The molecule has 120 valence electrons. The number of hydrogen-bond acceptors (Lipinski definition) is 5. The number of tetrazole rings is 1. The van der Waals surface area contributed by atoms with Crippen LogP contribution in [0.4, 0.5) is 0 Å². The maximum Gasteiger partial charge on any atom is 0.239 e. The zero-order valence-corrected chi connectivity index (χ0v) is 13.6. The predicted molar refractivity (Wildman–Crippen MR) is 87.5 cm³/mol. The highest BCUT2D eigenvalue weighted by Gasteiger charge is 2.18. The Bertz CT molecular complexity index is 748. The molecule has 0 radical (unpaired) electrons. The number of nitrogens with one attached hydrogen (secondary N) is 2. The minimum Gasteiger partial charge on any atom is -0.456 e. The van der Waals surface area contributed by atoms with E-state index in [4.69, 9.17) is 4.42 Å². The summed E-state index contributed by atoms with van der Waals surface area (Å²) in [6.07, 6.45) is 0. The Balaban J connectivity index is 1.72. The van der Waals surface area contributed by atoms with E-state index in [2.05, 4.69) is 71.0 Å². The molecule has 0 fully saturated rings. The third-order valence-corrected chi connectivity index (χ3v) is 3.91. The first-order chi connectivity index (χ1) is 11.1. The molecule has 0 saturated carbocycles. The molecule has 6 nitrogen and oxygen atoms in total. The van der Waals surface area contributed by atoms with Gasteiger partial charge in [-0.1, -0.05) is 38.1 Å². The van der Waals surface area contributed by atoms with Crippen LogP contribution in [0.15, 0.2) is 40.8 Å². The Hall–Kier alpha value is -2.47. The van der Waals surface area contributed by atoms with Crippen molar-refractivity contribution in [2.75, 3.05) is 0 Å². The van der Waals surface area contributed by atoms with Gasteiger partial charge in [0.15, 0.2) is 5.76 Å². The van der Waals surface area contributed by atoms with Gasteiger partial charge < -0.3 is 9.73 Å². The molecule has 0 saturated heterocycles. The molecule has 23 heavy (non-hydrogen) atoms. The summed E-state index contributed by atoms with van der Waals surface area (Å²) in [5.74, 6) is 2.41. The van der Waals surface area contributed by atoms with E-state index in [-0.39, 0.29) is 6.04 Å². The second-order valence-corrected chi connectivity index (χ2v) is 5.96. The van der Waals surface area contributed by atoms with Crippen molar-refractivity contribution in [1.29, 1.82) is 0 Å². The van der Waals surface area contributed by atoms with E-state index in [9.17, 15) is 0 Å². The predicted octanol–water partition coefficient (Wildman–Crippen LogP) is 3.26. The van der Waals surface area contributed by atoms with Crippen LogP contribution in [0.1, 0.15) is 36.8 Å². The number of rotatable bonds is 6. The van der Waals surface area contributed by atoms with Crippen LogP contribution in [0, 0.1) is 12.8 Å². The van der Waals surface area contributed by atoms with E-state index in [1.165, 1.54) is 11.1 Å². The normalized spacial score (nSPS) is 12.7. The number of furan rings is 1. The third kappa shape index (κ3) is 3.48. The Labute approximate surface area is 135 Å². The maximum atomic E-state index is 5.78. The smallest absolute Gasteiger partial charge is 0.239 e. The highest BCUT2D eigenvalue weighted by Crippen LogP contribution is 2.25. The van der Waals surface area contributed by atoms with Crippen LogP contribution >= 0.6 is 0 Å². The zero-order valence-electron chi connectivity index (χ0n) is 13.6. The average molecular weight is 311 g/mol. The lowest BCUT2D eigenvalue weighted by Gasteiger charge is -2.24. The van der Waals surface area contributed by atoms with E-state index in [1.54, 1.807) is 0 Å². The summed E-state index contributed by atoms with van der Waals surface area (Å²) in [5, 5.41) is 17.4. The Morgan fingerprint density at radius 2 is 2.00 bits per heavy atom. The SMILES string of the molecule is Cc1ccccc1C(NCc1ccc(-c2nn[nH]n2)o1)C(C)C. The molecule has 0 amide bonds. The molecule has 3 aromatic rings. The van der Waals surface area contributed by atoms with Gasteiger partial charge in [0, 0.05) is 6.04 Å². The molecule has 0 spiro atoms. The second kappa shape index (κ2) is 6.75. The maximum absolute atomic E-state index is 5.78. The molecular formula is C17H21N5O. The van der Waals surface area contributed by atoms with E-state index in [1.807, 2.05) is 12.1 Å². The number of nitrogens with zero attached hydrogens (tertiary/aromatic N) is 3. The van der Waals surface area contributed by atoms with Crippen molar-refractivity contribution in [3.63, 3.8) is 0 Å². The summed E-state index contributed by atoms with van der Waals surface area (Å²) in [6, 6.07) is 12.6. The molecule has 1 atom stereocenters. The second-order valence-electron chi connectivity index (χ2n) is 5.96. The van der Waals surface area contributed by atoms with Crippen LogP contribution in [0.2, 0.25) is 0 Å². The van der Waals surface area contributed by atoms with Gasteiger partial charge in [-0.05, 0) is 41.3 Å². The van der Waals surface area contributed by atoms with Gasteiger partial charge in [-0.15, -0.1) is 10.2 Å². The quantitative estimate of drug-likeness (QED) is 0.730. The van der Waals surface area contributed by atoms with Crippen LogP contribution in [0.3, 0.4) is 0 Å². The van der Waals surface area contributed by atoms with Crippen LogP contribution in [0.25, 0.3) is 11.6 Å². The molecule has 1 aromatic carbocycles. The first-order valence-electron chi connectivity index (χ1n) is 7.76. The van der Waals surface area contributed by atoms with Crippen LogP contribution < -0.4 is 5.32 Å². The van der Waals surface area contributed by atoms with Crippen molar-refractivity contribution in [3.8, 4) is 11.6 Å². The molecule has 0 aliphatic heterocycles. The minimum atomic E-state index is 0.273. The summed E-state index contributed by atoms with van der Waals surface area (Å²) < 4.78 is 5.78. The fourth-order valence-electron chi connectivity index (χ4n) is 2.71. The standard InChI is InChI=1S/C17H21N5O/c1-11(2)16(14-7-5-4-6-12(14)3)18-10-13-8-9-15(23-13)17-19-21-22-20-17/h4-9,11,16,18H,10H2,1-3H3,(H,19,20,21,22). The van der Waals surface area contributed by atoms with E-state index in [0.29, 0.717) is 24.0 Å². The van der Waals surface area contributed by atoms with Crippen molar-refractivity contribution in [2.24, 2.45) is 5.92 Å². The lowest BCUT2D eigenvalue weighted by molar-refractivity contribution is 0.384. The summed E-state index contributed by atoms with van der Waals surface area (Å²) in [5.41, 5.74) is 2.62. The fraction of sp³-hybridized carbons (Fsp3) is 0.353. The number of aromatic nitrogens is 4. The van der Waals surface area contributed by atoms with Crippen molar-refractivity contribution in [3.05, 3.63) is 53.3 Å². The van der Waals surface area contributed by atoms with E-state index < -0.39 is 0 Å². The largest absolute Gasteiger partial charge is 0.456 e. The molecule has 2 aromatic heterocycles. The molecule has 6 heteroatoms. The highest BCUT2D eigenvalue weighted by molar-refractivity contribution is 5.45. The monoisotopic (exact) mass is 311 g/mol. The molecule has 0 bridgehead atoms. The summed E-state index contributed by atoms with van der Waals surface area (Å²) >= 11 is 0. The molecule has 0 aliphatic rings. The van der Waals surface area contributed by atoms with E-state index in [0.717, 1.165) is 5.76 Å². The fourth-order valence-corrected chi connectivity index (χ4v) is 2.71. The number of aryl methyl sites for hydroxylation is 1. The van der Waals surface area contributed by atoms with Gasteiger partial charge >= 0.3 is 0 Å². The molecule has 2 heterocycles. The van der Waals surface area contributed by atoms with E-state index >= 15 is 0 Å². The Morgan fingerprint density at radius 1 is 1.17 bits per heavy atom. The molecule has 2 N–H and O–H groups in total. The molecule has 1 unspecified atom stereocenters. The Morgan fingerprint density at radius 3 is 2.70 bits per heavy atom. The van der Waals surface area contributed by atoms with Gasteiger partial charge in [-0.25, -0.2) is 0 Å². The highest BCUT2D eigenvalue weighted by atomic mass is 16.3. The van der Waals surface area contributed by atoms with Gasteiger partial charge in [0.25, 0.3) is 0 Å². The van der Waals surface area contributed by atoms with Crippen molar-refractivity contribution < 1.29 is 4.42 Å². The van der Waals surface area contributed by atoms with Crippen LogP contribution in [0.5, 0.6) is 0 Å². The minimum absolute atomic E-state index is 0.273. The summed E-state index contributed by atoms with van der Waals surface area (Å²) in [4.78, 5) is 0. The number of hydrogen-bond donors (Lipinski definition) is 2. The Kier molecular flexibility index (Phi) is 4.52. The molecule has 3 rings (SSSR count). The lowest BCUT2D eigenvalue weighted by Crippen LogP contribution is -2.25. The van der Waals surface area contributed by atoms with Crippen LogP contribution in [-0.2, 0) is 6.54 Å². The zero-order chi connectivity index (χ0) is 16.2. The summed E-state index contributed by atoms with van der Waals surface area (Å²) in [7, 11) is 0. The molecule has 0 aliphatic carbocycles. The van der Waals surface area contributed by atoms with Gasteiger partial charge in [0.1, 0.15) is 5.76 Å². The lowest BCUT2D eigenvalue weighted by atomic mass is 9.92. The summed E-state index contributed by atoms with van der Waals surface area (Å²) in [6.45, 7) is 7.23. The number of benzene rings is 1. The van der Waals surface area contributed by atoms with Crippen LogP contribution in [-0.4, -0.2) is 20.6 Å². The van der Waals surface area contributed by atoms with Gasteiger partial charge in [0.05, 0.1) is 6.54 Å². The number of aromatic amines is 1. The van der Waals surface area contributed by atoms with Gasteiger partial charge in [-0.3, -0.25) is 0 Å². The van der Waals surface area contributed by atoms with Gasteiger partial charge in [0.2, 0.25) is 5.82 Å². The first-order valence-corrected chi connectivity index (χ1v) is 7.76. The van der Waals surface area contributed by atoms with Crippen molar-refractivity contribution >= 4 is 0 Å². The van der Waals surface area contributed by atoms with Gasteiger partial charge in [-0.2, -0.15) is 5.21 Å². The number of H-pyrrole nitrogens is 1. The topological polar surface area (TPSA) is 79.6 Å². The van der Waals surface area contributed by atoms with Crippen molar-refractivity contribution in [2.45, 2.75) is 33.4 Å². The molecular weight excluding hydrogens is 290 g/mol. The third-order valence-electron chi connectivity index (χ3n) is 3.91. The average Bonchev–Trinajstić information content (AvgIpc) is 3.19. The first kappa shape index (κ1) is 15.4.